The molecular weight excluding hydrogens is 576 g/mol. The Labute approximate surface area is 261 Å². The van der Waals surface area contributed by atoms with Crippen molar-refractivity contribution in [2.45, 2.75) is 32.7 Å². The maximum absolute atomic E-state index is 14.5. The van der Waals surface area contributed by atoms with Crippen LogP contribution in [-0.4, -0.2) is 54.3 Å². The summed E-state index contributed by atoms with van der Waals surface area (Å²) in [5.74, 6) is 1.22. The monoisotopic (exact) mass is 608 g/mol. The molecule has 1 saturated heterocycles. The topological polar surface area (TPSA) is 68.4 Å². The average molecular weight is 609 g/mol. The van der Waals surface area contributed by atoms with E-state index in [-0.39, 0.29) is 23.6 Å². The normalized spacial score (nSPS) is 16.2. The number of hydrogen-bond donors (Lipinski definition) is 0. The number of fused-ring (bicyclic) bond motifs is 2. The molecule has 44 heavy (non-hydrogen) atoms. The zero-order valence-electron chi connectivity index (χ0n) is 25.0. The first kappa shape index (κ1) is 29.3. The van der Waals surface area contributed by atoms with Gasteiger partial charge in [-0.1, -0.05) is 62.4 Å². The first-order valence-electron chi connectivity index (χ1n) is 14.7. The largest absolute Gasteiger partial charge is 0.486 e. The van der Waals surface area contributed by atoms with Gasteiger partial charge < -0.3 is 19.3 Å². The van der Waals surface area contributed by atoms with Crippen LogP contribution in [0.25, 0.3) is 32.6 Å². The zero-order valence-corrected chi connectivity index (χ0v) is 25.7. The van der Waals surface area contributed by atoms with Crippen LogP contribution in [0.1, 0.15) is 32.3 Å². The standard InChI is InChI=1S/C35H33ClN4O4/c1-6-31(41)38-14-15-39(22(4)20-38)33-26-18-27(36)25(24-11-9-13-30-34(24)44-17-16-43-30)19-29(26)40(35(42)32(33)37-5)28-12-8-7-10-23(28)21(2)3/h6-13,18-19,21-22H,1,14-17,20H2,2-4H3/t22-/m0/s1. The minimum atomic E-state index is -0.407. The predicted octanol–water partition coefficient (Wildman–Crippen LogP) is 6.98. The molecule has 0 unspecified atom stereocenters. The summed E-state index contributed by atoms with van der Waals surface area (Å²) in [5.41, 5.74) is 3.90. The van der Waals surface area contributed by atoms with Crippen LogP contribution in [-0.2, 0) is 4.79 Å². The van der Waals surface area contributed by atoms with Gasteiger partial charge in [0.25, 0.3) is 11.2 Å². The third kappa shape index (κ3) is 4.87. The number of aromatic nitrogens is 1. The Bertz CT molecular complexity index is 1910. The highest BCUT2D eigenvalue weighted by molar-refractivity contribution is 6.34. The fourth-order valence-corrected chi connectivity index (χ4v) is 6.57. The molecule has 0 bridgehead atoms. The van der Waals surface area contributed by atoms with Gasteiger partial charge in [-0.15, -0.1) is 0 Å². The van der Waals surface area contributed by atoms with E-state index in [1.165, 1.54) is 6.08 Å². The molecule has 0 N–H and O–H groups in total. The van der Waals surface area contributed by atoms with E-state index in [9.17, 15) is 9.59 Å². The number of amides is 1. The molecule has 224 valence electrons. The van der Waals surface area contributed by atoms with E-state index in [4.69, 9.17) is 27.6 Å². The zero-order chi connectivity index (χ0) is 31.1. The van der Waals surface area contributed by atoms with Crippen LogP contribution < -0.4 is 19.9 Å². The molecule has 0 saturated carbocycles. The van der Waals surface area contributed by atoms with Crippen LogP contribution in [0.4, 0.5) is 11.4 Å². The highest BCUT2D eigenvalue weighted by Gasteiger charge is 2.32. The van der Waals surface area contributed by atoms with Crippen LogP contribution in [0.2, 0.25) is 5.02 Å². The lowest BCUT2D eigenvalue weighted by molar-refractivity contribution is -0.126. The Hall–Kier alpha value is -4.74. The Morgan fingerprint density at radius 2 is 1.86 bits per heavy atom. The molecule has 3 heterocycles. The highest BCUT2D eigenvalue weighted by Crippen LogP contribution is 2.46. The van der Waals surface area contributed by atoms with E-state index in [0.29, 0.717) is 77.2 Å². The third-order valence-corrected chi connectivity index (χ3v) is 8.69. The molecule has 0 spiro atoms. The number of halogens is 1. The number of rotatable bonds is 5. The van der Waals surface area contributed by atoms with Crippen molar-refractivity contribution in [1.82, 2.24) is 9.47 Å². The molecule has 1 atom stereocenters. The quantitative estimate of drug-likeness (QED) is 0.181. The fourth-order valence-electron chi connectivity index (χ4n) is 6.30. The molecule has 9 heteroatoms. The number of para-hydroxylation sites is 2. The highest BCUT2D eigenvalue weighted by atomic mass is 35.5. The number of benzene rings is 3. The van der Waals surface area contributed by atoms with Crippen molar-refractivity contribution in [3.63, 3.8) is 0 Å². The van der Waals surface area contributed by atoms with Crippen molar-refractivity contribution >= 4 is 39.8 Å². The number of piperazine rings is 1. The van der Waals surface area contributed by atoms with Crippen LogP contribution in [0.15, 0.2) is 72.0 Å². The smallest absolute Gasteiger partial charge is 0.274 e. The molecule has 0 radical (unpaired) electrons. The van der Waals surface area contributed by atoms with Crippen LogP contribution in [0.3, 0.4) is 0 Å². The van der Waals surface area contributed by atoms with E-state index in [2.05, 4.69) is 30.2 Å². The van der Waals surface area contributed by atoms with Crippen molar-refractivity contribution < 1.29 is 14.3 Å². The van der Waals surface area contributed by atoms with Crippen LogP contribution in [0.5, 0.6) is 11.5 Å². The maximum atomic E-state index is 14.5. The predicted molar refractivity (Wildman–Crippen MR) is 175 cm³/mol. The Kier molecular flexibility index (Phi) is 7.83. The van der Waals surface area contributed by atoms with Crippen molar-refractivity contribution in [2.75, 3.05) is 37.7 Å². The van der Waals surface area contributed by atoms with Crippen molar-refractivity contribution in [1.29, 1.82) is 0 Å². The lowest BCUT2D eigenvalue weighted by Crippen LogP contribution is -2.53. The number of carbonyl (C=O) groups excluding carboxylic acids is 1. The van der Waals surface area contributed by atoms with E-state index >= 15 is 0 Å². The Morgan fingerprint density at radius 1 is 1.09 bits per heavy atom. The van der Waals surface area contributed by atoms with Gasteiger partial charge in [-0.05, 0) is 48.7 Å². The van der Waals surface area contributed by atoms with Gasteiger partial charge >= 0.3 is 0 Å². The minimum Gasteiger partial charge on any atom is -0.486 e. The molecule has 1 aromatic heterocycles. The molecule has 1 amide bonds. The second-order valence-electron chi connectivity index (χ2n) is 11.4. The summed E-state index contributed by atoms with van der Waals surface area (Å²) >= 11 is 7.08. The number of pyridine rings is 1. The summed E-state index contributed by atoms with van der Waals surface area (Å²) in [7, 11) is 0. The van der Waals surface area contributed by atoms with E-state index in [0.717, 1.165) is 11.1 Å². The summed E-state index contributed by atoms with van der Waals surface area (Å²) in [4.78, 5) is 34.5. The molecule has 3 aromatic carbocycles. The summed E-state index contributed by atoms with van der Waals surface area (Å²) in [6.07, 6.45) is 1.31. The van der Waals surface area contributed by atoms with Crippen LogP contribution in [0, 0.1) is 6.57 Å². The van der Waals surface area contributed by atoms with Gasteiger partial charge in [0, 0.05) is 47.2 Å². The average Bonchev–Trinajstić information content (AvgIpc) is 3.03. The van der Waals surface area contributed by atoms with Gasteiger partial charge in [-0.25, -0.2) is 4.85 Å². The third-order valence-electron chi connectivity index (χ3n) is 8.38. The van der Waals surface area contributed by atoms with Crippen molar-refractivity contribution in [2.24, 2.45) is 0 Å². The molecule has 4 aromatic rings. The second-order valence-corrected chi connectivity index (χ2v) is 11.8. The summed E-state index contributed by atoms with van der Waals surface area (Å²) in [5, 5.41) is 1.13. The fraction of sp³-hybridized carbons (Fsp3) is 0.286. The molecule has 6 rings (SSSR count). The van der Waals surface area contributed by atoms with Gasteiger partial charge in [0.1, 0.15) is 13.2 Å². The van der Waals surface area contributed by atoms with Crippen molar-refractivity contribution in [3.8, 4) is 28.3 Å². The van der Waals surface area contributed by atoms with Gasteiger partial charge in [0.2, 0.25) is 5.91 Å². The second kappa shape index (κ2) is 11.7. The minimum absolute atomic E-state index is 0.0176. The number of ether oxygens (including phenoxy) is 2. The van der Waals surface area contributed by atoms with E-state index in [1.54, 1.807) is 9.47 Å². The molecule has 1 fully saturated rings. The summed E-state index contributed by atoms with van der Waals surface area (Å²) < 4.78 is 13.5. The van der Waals surface area contributed by atoms with Crippen LogP contribution >= 0.6 is 11.6 Å². The lowest BCUT2D eigenvalue weighted by Gasteiger charge is -2.42. The molecule has 0 aliphatic carbocycles. The first-order valence-corrected chi connectivity index (χ1v) is 15.1. The number of nitrogens with zero attached hydrogens (tertiary/aromatic N) is 4. The number of hydrogen-bond acceptors (Lipinski definition) is 5. The van der Waals surface area contributed by atoms with Gasteiger partial charge in [0.15, 0.2) is 11.5 Å². The van der Waals surface area contributed by atoms with Gasteiger partial charge in [-0.3, -0.25) is 14.2 Å². The van der Waals surface area contributed by atoms with Crippen molar-refractivity contribution in [3.05, 3.63) is 99.6 Å². The Balaban J connectivity index is 1.67. The van der Waals surface area contributed by atoms with E-state index < -0.39 is 5.56 Å². The lowest BCUT2D eigenvalue weighted by atomic mass is 9.97. The van der Waals surface area contributed by atoms with Gasteiger partial charge in [-0.2, -0.15) is 0 Å². The summed E-state index contributed by atoms with van der Waals surface area (Å²) in [6, 6.07) is 17.1. The van der Waals surface area contributed by atoms with E-state index in [1.807, 2.05) is 61.5 Å². The molecule has 2 aliphatic heterocycles. The summed E-state index contributed by atoms with van der Waals surface area (Å²) in [6.45, 7) is 20.2. The molecular formula is C35H33ClN4O4. The SMILES string of the molecule is [C-]#[N+]c1c(N2CCN(C(=O)C=C)C[C@@H]2C)c2cc(Cl)c(-c3cccc4c3OCCO4)cc2n(-c2ccccc2C(C)C)c1=O. The maximum Gasteiger partial charge on any atom is 0.274 e. The number of anilines is 1. The molecule has 8 nitrogen and oxygen atoms in total. The van der Waals surface area contributed by atoms with Gasteiger partial charge in [0.05, 0.1) is 23.5 Å². The number of carbonyl (C=O) groups is 1. The first-order chi connectivity index (χ1) is 21.2. The Morgan fingerprint density at radius 3 is 2.59 bits per heavy atom. The molecule has 2 aliphatic rings.